The van der Waals surface area contributed by atoms with E-state index in [4.69, 9.17) is 9.72 Å². The van der Waals surface area contributed by atoms with E-state index < -0.39 is 5.82 Å². The van der Waals surface area contributed by atoms with Gasteiger partial charge in [0.15, 0.2) is 0 Å². The molecule has 2 aliphatic rings. The number of hydroxylamine groups is 2. The number of aromatic nitrogens is 2. The summed E-state index contributed by atoms with van der Waals surface area (Å²) in [6, 6.07) is 11.6. The van der Waals surface area contributed by atoms with Crippen LogP contribution in [0.3, 0.4) is 0 Å². The van der Waals surface area contributed by atoms with Crippen LogP contribution in [0.15, 0.2) is 42.5 Å². The highest BCUT2D eigenvalue weighted by Gasteiger charge is 2.32. The summed E-state index contributed by atoms with van der Waals surface area (Å²) in [5.74, 6) is -0.603. The van der Waals surface area contributed by atoms with Gasteiger partial charge in [-0.25, -0.2) is 14.4 Å². The first kappa shape index (κ1) is 28.2. The number of carbonyl (C=O) groups is 2. The number of carbonyl (C=O) groups excluding carboxylic acids is 2. The molecule has 2 aromatic carbocycles. The number of nitrogens with one attached hydrogen (secondary N) is 1. The second-order valence-electron chi connectivity index (χ2n) is 11.3. The minimum atomic E-state index is -0.405. The van der Waals surface area contributed by atoms with Crippen molar-refractivity contribution in [2.75, 3.05) is 38.2 Å². The van der Waals surface area contributed by atoms with Crippen molar-refractivity contribution < 1.29 is 23.9 Å². The number of hydrogen-bond donors (Lipinski definition) is 2. The number of nitrogens with zero attached hydrogens (tertiary/aromatic N) is 4. The zero-order valence-corrected chi connectivity index (χ0v) is 23.2. The molecule has 1 aromatic heterocycles. The highest BCUT2D eigenvalue weighted by atomic mass is 19.1. The van der Waals surface area contributed by atoms with E-state index >= 15 is 0 Å². The summed E-state index contributed by atoms with van der Waals surface area (Å²) in [5.41, 5.74) is 3.20. The van der Waals surface area contributed by atoms with Crippen LogP contribution >= 0.6 is 0 Å². The monoisotopic (exact) mass is 551 g/mol. The number of morpholine rings is 1. The van der Waals surface area contributed by atoms with Crippen molar-refractivity contribution in [3.05, 3.63) is 59.4 Å². The summed E-state index contributed by atoms with van der Waals surface area (Å²) in [5, 5.41) is 14.1. The molecule has 2 amide bonds. The number of fused-ring (bicyclic) bond motifs is 1. The van der Waals surface area contributed by atoms with Crippen LogP contribution in [0, 0.1) is 17.7 Å². The molecule has 1 aliphatic carbocycles. The van der Waals surface area contributed by atoms with Crippen LogP contribution in [0.25, 0.3) is 11.0 Å². The molecule has 2 N–H and O–H groups in total. The molecule has 0 spiro atoms. The van der Waals surface area contributed by atoms with Crippen molar-refractivity contribution in [3.8, 4) is 0 Å². The van der Waals surface area contributed by atoms with E-state index in [2.05, 4.69) is 26.9 Å². The van der Waals surface area contributed by atoms with Gasteiger partial charge in [-0.05, 0) is 73.6 Å². The third kappa shape index (κ3) is 6.51. The van der Waals surface area contributed by atoms with E-state index in [1.165, 1.54) is 24.3 Å². The molecule has 10 heteroatoms. The fourth-order valence-corrected chi connectivity index (χ4v) is 5.71. The molecule has 5 rings (SSSR count). The standard InChI is InChI=1S/C30H38FN5O4/c1-20(2)18-35(39)29(38)23-6-10-25(11-7-23)36-27-17-21(19-34-13-15-40-16-14-34)3-12-26(27)32-30(36)33-28(37)22-4-8-24(31)9-5-22/h3-5,8-9,12,17,20,23,25,39H,6-7,10-11,13-16,18-19H2,1-2H3,(H,32,33,37). The Morgan fingerprint density at radius 3 is 2.48 bits per heavy atom. The number of hydrogen-bond acceptors (Lipinski definition) is 6. The Labute approximate surface area is 233 Å². The molecule has 0 unspecified atom stereocenters. The van der Waals surface area contributed by atoms with Crippen LogP contribution in [-0.2, 0) is 16.1 Å². The lowest BCUT2D eigenvalue weighted by Crippen LogP contribution is -2.37. The predicted octanol–water partition coefficient (Wildman–Crippen LogP) is 4.87. The largest absolute Gasteiger partial charge is 0.379 e. The van der Waals surface area contributed by atoms with Gasteiger partial charge in [0.05, 0.1) is 30.8 Å². The van der Waals surface area contributed by atoms with Crippen LogP contribution in [-0.4, -0.2) is 69.4 Å². The maximum Gasteiger partial charge on any atom is 0.257 e. The number of anilines is 1. The summed E-state index contributed by atoms with van der Waals surface area (Å²) in [6.07, 6.45) is 2.70. The molecule has 0 bridgehead atoms. The lowest BCUT2D eigenvalue weighted by Gasteiger charge is -2.32. The maximum absolute atomic E-state index is 13.4. The van der Waals surface area contributed by atoms with Gasteiger partial charge < -0.3 is 9.30 Å². The molecular formula is C30H38FN5O4. The van der Waals surface area contributed by atoms with Gasteiger partial charge in [0, 0.05) is 37.2 Å². The first-order chi connectivity index (χ1) is 19.3. The lowest BCUT2D eigenvalue weighted by atomic mass is 9.85. The zero-order chi connectivity index (χ0) is 28.2. The number of benzene rings is 2. The van der Waals surface area contributed by atoms with Crippen LogP contribution in [0.5, 0.6) is 0 Å². The molecule has 0 radical (unpaired) electrons. The number of ether oxygens (including phenoxy) is 1. The molecule has 9 nitrogen and oxygen atoms in total. The Balaban J connectivity index is 1.41. The highest BCUT2D eigenvalue weighted by Crippen LogP contribution is 2.38. The first-order valence-corrected chi connectivity index (χ1v) is 14.2. The molecule has 2 fully saturated rings. The Morgan fingerprint density at radius 2 is 1.80 bits per heavy atom. The average molecular weight is 552 g/mol. The van der Waals surface area contributed by atoms with Crippen LogP contribution in [0.4, 0.5) is 10.3 Å². The van der Waals surface area contributed by atoms with Gasteiger partial charge in [-0.2, -0.15) is 0 Å². The topological polar surface area (TPSA) is 99.9 Å². The number of halogens is 1. The number of amides is 2. The van der Waals surface area contributed by atoms with Crippen molar-refractivity contribution in [3.63, 3.8) is 0 Å². The normalized spacial score (nSPS) is 20.1. The minimum Gasteiger partial charge on any atom is -0.379 e. The zero-order valence-electron chi connectivity index (χ0n) is 23.2. The molecule has 40 heavy (non-hydrogen) atoms. The van der Waals surface area contributed by atoms with E-state index in [1.54, 1.807) is 0 Å². The second-order valence-corrected chi connectivity index (χ2v) is 11.3. The van der Waals surface area contributed by atoms with Crippen molar-refractivity contribution in [2.24, 2.45) is 11.8 Å². The van der Waals surface area contributed by atoms with Gasteiger partial charge >= 0.3 is 0 Å². The molecular weight excluding hydrogens is 513 g/mol. The van der Waals surface area contributed by atoms with Gasteiger partial charge in [-0.3, -0.25) is 25.0 Å². The SMILES string of the molecule is CC(C)CN(O)C(=O)C1CCC(n2c(NC(=O)c3ccc(F)cc3)nc3ccc(CN4CCOCC4)cc32)CC1. The Bertz CT molecular complexity index is 1330. The van der Waals surface area contributed by atoms with E-state index in [0.29, 0.717) is 43.7 Å². The average Bonchev–Trinajstić information content (AvgIpc) is 3.30. The molecule has 1 saturated carbocycles. The van der Waals surface area contributed by atoms with Gasteiger partial charge in [-0.1, -0.05) is 19.9 Å². The summed E-state index contributed by atoms with van der Waals surface area (Å²) in [4.78, 5) is 33.1. The fraction of sp³-hybridized carbons (Fsp3) is 0.500. The first-order valence-electron chi connectivity index (χ1n) is 14.2. The molecule has 3 aromatic rings. The van der Waals surface area contributed by atoms with Gasteiger partial charge in [0.1, 0.15) is 5.82 Å². The van der Waals surface area contributed by atoms with E-state index in [-0.39, 0.29) is 29.7 Å². The minimum absolute atomic E-state index is 0.0217. The van der Waals surface area contributed by atoms with E-state index in [1.807, 2.05) is 19.9 Å². The smallest absolute Gasteiger partial charge is 0.257 e. The van der Waals surface area contributed by atoms with Crippen LogP contribution in [0.2, 0.25) is 0 Å². The van der Waals surface area contributed by atoms with Crippen molar-refractivity contribution in [1.82, 2.24) is 19.5 Å². The lowest BCUT2D eigenvalue weighted by molar-refractivity contribution is -0.173. The Hall–Kier alpha value is -3.34. The van der Waals surface area contributed by atoms with Gasteiger partial charge in [0.25, 0.3) is 5.91 Å². The predicted molar refractivity (Wildman–Crippen MR) is 150 cm³/mol. The quantitative estimate of drug-likeness (QED) is 0.306. The third-order valence-electron chi connectivity index (χ3n) is 7.80. The number of rotatable bonds is 8. The summed E-state index contributed by atoms with van der Waals surface area (Å²) in [6.45, 7) is 8.26. The molecule has 1 saturated heterocycles. The van der Waals surface area contributed by atoms with Crippen molar-refractivity contribution >= 4 is 28.8 Å². The molecule has 2 heterocycles. The van der Waals surface area contributed by atoms with Gasteiger partial charge in [-0.15, -0.1) is 0 Å². The summed E-state index contributed by atoms with van der Waals surface area (Å²) >= 11 is 0. The second kappa shape index (κ2) is 12.4. The highest BCUT2D eigenvalue weighted by molar-refractivity contribution is 6.04. The third-order valence-corrected chi connectivity index (χ3v) is 7.80. The molecule has 0 atom stereocenters. The van der Waals surface area contributed by atoms with Crippen molar-refractivity contribution in [2.45, 2.75) is 52.1 Å². The molecule has 214 valence electrons. The number of imidazole rings is 1. The Kier molecular flexibility index (Phi) is 8.78. The van der Waals surface area contributed by atoms with Crippen LogP contribution < -0.4 is 5.32 Å². The summed E-state index contributed by atoms with van der Waals surface area (Å²) < 4.78 is 21.0. The van der Waals surface area contributed by atoms with Crippen LogP contribution in [0.1, 0.15) is 61.5 Å². The van der Waals surface area contributed by atoms with Gasteiger partial charge in [0.2, 0.25) is 11.9 Å². The molecule has 1 aliphatic heterocycles. The fourth-order valence-electron chi connectivity index (χ4n) is 5.71. The summed E-state index contributed by atoms with van der Waals surface area (Å²) in [7, 11) is 0. The van der Waals surface area contributed by atoms with E-state index in [9.17, 15) is 19.2 Å². The maximum atomic E-state index is 13.4. The van der Waals surface area contributed by atoms with E-state index in [0.717, 1.165) is 54.5 Å². The van der Waals surface area contributed by atoms with Crippen molar-refractivity contribution in [1.29, 1.82) is 0 Å². The Morgan fingerprint density at radius 1 is 1.10 bits per heavy atom.